The zero-order valence-electron chi connectivity index (χ0n) is 10.8. The number of benzene rings is 1. The Morgan fingerprint density at radius 2 is 2.16 bits per heavy atom. The van der Waals surface area contributed by atoms with E-state index in [1.54, 1.807) is 0 Å². The van der Waals surface area contributed by atoms with Crippen LogP contribution in [0.15, 0.2) is 41.3 Å². The van der Waals surface area contributed by atoms with Gasteiger partial charge < -0.3 is 12.4 Å². The second-order valence-corrected chi connectivity index (χ2v) is 7.34. The Morgan fingerprint density at radius 1 is 1.32 bits per heavy atom. The first-order valence-corrected chi connectivity index (χ1v) is 8.27. The van der Waals surface area contributed by atoms with Crippen LogP contribution in [0.1, 0.15) is 25.7 Å². The quantitative estimate of drug-likeness (QED) is 0.459. The summed E-state index contributed by atoms with van der Waals surface area (Å²) < 4.78 is 5.41. The zero-order valence-corrected chi connectivity index (χ0v) is 13.2. The minimum Gasteiger partial charge on any atom is -1.00 e. The molecule has 1 aliphatic rings. The molecule has 0 aliphatic carbocycles. The van der Waals surface area contributed by atoms with Gasteiger partial charge in [-0.25, -0.2) is 0 Å². The van der Waals surface area contributed by atoms with Crippen molar-refractivity contribution in [1.82, 2.24) is 0 Å². The normalized spacial score (nSPS) is 17.2. The first kappa shape index (κ1) is 14.9. The molecule has 1 atom stereocenters. The molecule has 0 bridgehead atoms. The highest BCUT2D eigenvalue weighted by atomic mass is 35.5. The average Bonchev–Trinajstić information content (AvgIpc) is 2.91. The number of halogens is 1. The number of aromatic nitrogens is 1. The summed E-state index contributed by atoms with van der Waals surface area (Å²) in [5.74, 6) is 0. The van der Waals surface area contributed by atoms with Gasteiger partial charge in [0.2, 0.25) is 5.52 Å². The minimum atomic E-state index is 0. The van der Waals surface area contributed by atoms with Gasteiger partial charge in [0.15, 0.2) is 6.54 Å². The number of hydrogen-bond donors (Lipinski definition) is 0. The van der Waals surface area contributed by atoms with Gasteiger partial charge in [0, 0.05) is 6.07 Å². The molecule has 3 rings (SSSR count). The van der Waals surface area contributed by atoms with E-state index in [0.29, 0.717) is 0 Å². The van der Waals surface area contributed by atoms with Crippen LogP contribution in [0.4, 0.5) is 0 Å². The number of allylic oxidation sites excluding steroid dienone is 1. The fourth-order valence-corrected chi connectivity index (χ4v) is 5.33. The Morgan fingerprint density at radius 3 is 3.00 bits per heavy atom. The van der Waals surface area contributed by atoms with Crippen LogP contribution < -0.4 is 17.0 Å². The molecular weight excluding hydrogens is 294 g/mol. The van der Waals surface area contributed by atoms with Gasteiger partial charge in [0.1, 0.15) is 4.70 Å². The molecule has 1 aromatic heterocycles. The van der Waals surface area contributed by atoms with Crippen LogP contribution in [0.25, 0.3) is 10.2 Å². The second-order valence-electron chi connectivity index (χ2n) is 4.76. The van der Waals surface area contributed by atoms with Crippen LogP contribution in [0.2, 0.25) is 0 Å². The SMILES string of the molecule is C=CCCCCC1C[n+]2c(sc3ccccc32)S1.[Cl-]. The highest BCUT2D eigenvalue weighted by Gasteiger charge is 2.33. The van der Waals surface area contributed by atoms with Gasteiger partial charge in [0.25, 0.3) is 4.34 Å². The third-order valence-corrected chi connectivity index (χ3v) is 6.05. The van der Waals surface area contributed by atoms with Gasteiger partial charge in [-0.2, -0.15) is 4.57 Å². The standard InChI is InChI=1S/C15H18NS2.ClH/c1-2-3-4-5-8-12-11-16-13-9-6-7-10-14(13)18-15(16)17-12;/h2,6-7,9-10,12H,1,3-5,8,11H2;1H/q+1;/p-1. The molecule has 0 fully saturated rings. The Kier molecular flexibility index (Phi) is 5.31. The van der Waals surface area contributed by atoms with E-state index in [1.807, 2.05) is 17.4 Å². The van der Waals surface area contributed by atoms with E-state index in [-0.39, 0.29) is 12.4 Å². The van der Waals surface area contributed by atoms with Gasteiger partial charge in [0.05, 0.1) is 5.25 Å². The van der Waals surface area contributed by atoms with Crippen LogP contribution in [0.3, 0.4) is 0 Å². The van der Waals surface area contributed by atoms with Gasteiger partial charge in [-0.1, -0.05) is 36.0 Å². The monoisotopic (exact) mass is 311 g/mol. The molecule has 19 heavy (non-hydrogen) atoms. The molecule has 1 aromatic carbocycles. The molecule has 0 radical (unpaired) electrons. The largest absolute Gasteiger partial charge is 1.00 e. The summed E-state index contributed by atoms with van der Waals surface area (Å²) in [6, 6.07) is 8.75. The fraction of sp³-hybridized carbons (Fsp3) is 0.400. The van der Waals surface area contributed by atoms with Crippen molar-refractivity contribution in [2.24, 2.45) is 0 Å². The van der Waals surface area contributed by atoms with Gasteiger partial charge in [-0.05, 0) is 37.1 Å². The Hall–Kier alpha value is -0.510. The summed E-state index contributed by atoms with van der Waals surface area (Å²) in [6.07, 6.45) is 7.15. The lowest BCUT2D eigenvalue weighted by Crippen LogP contribution is -3.00. The molecule has 1 unspecified atom stereocenters. The summed E-state index contributed by atoms with van der Waals surface area (Å²) >= 11 is 4.02. The Labute approximate surface area is 129 Å². The zero-order chi connectivity index (χ0) is 12.4. The van der Waals surface area contributed by atoms with E-state index in [1.165, 1.54) is 40.4 Å². The van der Waals surface area contributed by atoms with Crippen molar-refractivity contribution in [3.8, 4) is 0 Å². The van der Waals surface area contributed by atoms with Crippen molar-refractivity contribution in [2.75, 3.05) is 0 Å². The maximum absolute atomic E-state index is 3.78. The third-order valence-electron chi connectivity index (χ3n) is 3.41. The number of fused-ring (bicyclic) bond motifs is 3. The number of nitrogens with zero attached hydrogens (tertiary/aromatic N) is 1. The summed E-state index contributed by atoms with van der Waals surface area (Å²) in [5, 5.41) is 0.783. The lowest BCUT2D eigenvalue weighted by atomic mass is 10.1. The van der Waals surface area contributed by atoms with E-state index in [2.05, 4.69) is 47.2 Å². The van der Waals surface area contributed by atoms with Gasteiger partial charge in [-0.3, -0.25) is 0 Å². The predicted molar refractivity (Wildman–Crippen MR) is 80.3 cm³/mol. The van der Waals surface area contributed by atoms with Gasteiger partial charge >= 0.3 is 0 Å². The highest BCUT2D eigenvalue weighted by Crippen LogP contribution is 2.37. The smallest absolute Gasteiger partial charge is 0.298 e. The molecule has 0 saturated heterocycles. The molecule has 0 N–H and O–H groups in total. The van der Waals surface area contributed by atoms with Crippen molar-refractivity contribution >= 4 is 33.3 Å². The topological polar surface area (TPSA) is 3.88 Å². The Bertz CT molecular complexity index is 564. The summed E-state index contributed by atoms with van der Waals surface area (Å²) in [7, 11) is 0. The van der Waals surface area contributed by atoms with Crippen LogP contribution in [0, 0.1) is 0 Å². The number of thioether (sulfide) groups is 1. The van der Waals surface area contributed by atoms with E-state index in [0.717, 1.165) is 11.7 Å². The lowest BCUT2D eigenvalue weighted by molar-refractivity contribution is -0.695. The van der Waals surface area contributed by atoms with Crippen LogP contribution >= 0.6 is 23.1 Å². The average molecular weight is 312 g/mol. The van der Waals surface area contributed by atoms with E-state index in [9.17, 15) is 0 Å². The molecule has 102 valence electrons. The molecule has 0 amide bonds. The molecule has 2 heterocycles. The summed E-state index contributed by atoms with van der Waals surface area (Å²) in [6.45, 7) is 4.97. The summed E-state index contributed by atoms with van der Waals surface area (Å²) in [4.78, 5) is 0. The number of para-hydroxylation sites is 1. The van der Waals surface area contributed by atoms with Crippen LogP contribution in [-0.4, -0.2) is 5.25 Å². The molecule has 0 spiro atoms. The Balaban J connectivity index is 0.00000133. The van der Waals surface area contributed by atoms with E-state index >= 15 is 0 Å². The number of hydrogen-bond acceptors (Lipinski definition) is 2. The second kappa shape index (κ2) is 6.78. The maximum Gasteiger partial charge on any atom is 0.298 e. The maximum atomic E-state index is 3.78. The highest BCUT2D eigenvalue weighted by molar-refractivity contribution is 8.01. The number of thiazole rings is 1. The molecule has 1 nitrogen and oxygen atoms in total. The van der Waals surface area contributed by atoms with E-state index < -0.39 is 0 Å². The molecule has 1 aliphatic heterocycles. The van der Waals surface area contributed by atoms with Crippen molar-refractivity contribution in [2.45, 2.75) is 41.8 Å². The number of rotatable bonds is 5. The van der Waals surface area contributed by atoms with Crippen LogP contribution in [0.5, 0.6) is 0 Å². The van der Waals surface area contributed by atoms with Gasteiger partial charge in [-0.15, -0.1) is 6.58 Å². The van der Waals surface area contributed by atoms with Crippen molar-refractivity contribution in [3.05, 3.63) is 36.9 Å². The molecule has 2 aromatic rings. The first-order valence-electron chi connectivity index (χ1n) is 6.57. The van der Waals surface area contributed by atoms with E-state index in [4.69, 9.17) is 0 Å². The van der Waals surface area contributed by atoms with Crippen molar-refractivity contribution < 1.29 is 17.0 Å². The number of unbranched alkanes of at least 4 members (excludes halogenated alkanes) is 2. The summed E-state index contributed by atoms with van der Waals surface area (Å²) in [5.41, 5.74) is 1.42. The van der Waals surface area contributed by atoms with Crippen molar-refractivity contribution in [3.63, 3.8) is 0 Å². The van der Waals surface area contributed by atoms with Crippen molar-refractivity contribution in [1.29, 1.82) is 0 Å². The van der Waals surface area contributed by atoms with Crippen LogP contribution in [-0.2, 0) is 6.54 Å². The third kappa shape index (κ3) is 3.15. The first-order chi connectivity index (χ1) is 8.88. The molecule has 0 saturated carbocycles. The fourth-order valence-electron chi connectivity index (χ4n) is 2.47. The molecule has 4 heteroatoms. The minimum absolute atomic E-state index is 0. The molecular formula is C15H18ClNS2. The predicted octanol–water partition coefficient (Wildman–Crippen LogP) is 1.41. The lowest BCUT2D eigenvalue weighted by Gasteiger charge is -2.02.